The van der Waals surface area contributed by atoms with E-state index in [9.17, 15) is 0 Å². The molecule has 0 saturated heterocycles. The van der Waals surface area contributed by atoms with Crippen molar-refractivity contribution in [2.45, 2.75) is 6.42 Å². The highest BCUT2D eigenvalue weighted by Crippen LogP contribution is 1.95. The molecule has 0 aliphatic carbocycles. The lowest BCUT2D eigenvalue weighted by molar-refractivity contribution is 0.322. The minimum atomic E-state index is 0.554. The summed E-state index contributed by atoms with van der Waals surface area (Å²) in [5, 5.41) is 9.63. The first-order valence-corrected chi connectivity index (χ1v) is 4.73. The maximum absolute atomic E-state index is 3.98. The highest BCUT2D eigenvalue weighted by atomic mass is 15.5. The van der Waals surface area contributed by atoms with Gasteiger partial charge in [0.1, 0.15) is 0 Å². The van der Waals surface area contributed by atoms with E-state index < -0.39 is 0 Å². The predicted octanol–water partition coefficient (Wildman–Crippen LogP) is 1.94. The maximum atomic E-state index is 3.98. The second-order valence-corrected chi connectivity index (χ2v) is 3.20. The summed E-state index contributed by atoms with van der Waals surface area (Å²) in [6, 6.07) is 0. The number of hydrogen-bond acceptors (Lipinski definition) is 3. The third-order valence-corrected chi connectivity index (χ3v) is 1.59. The molecule has 0 aliphatic rings. The van der Waals surface area contributed by atoms with E-state index in [2.05, 4.69) is 42.5 Å². The van der Waals surface area contributed by atoms with Gasteiger partial charge in [-0.25, -0.2) is 0 Å². The number of hydrogen-bond donors (Lipinski definition) is 0. The number of nitrogens with zero attached hydrogens (tertiary/aromatic N) is 4. The maximum Gasteiger partial charge on any atom is 0.0798 e. The van der Waals surface area contributed by atoms with E-state index in [0.29, 0.717) is 6.54 Å². The van der Waals surface area contributed by atoms with E-state index in [1.54, 1.807) is 17.3 Å². The third-order valence-electron chi connectivity index (χ3n) is 1.59. The topological polar surface area (TPSA) is 31.2 Å². The minimum absolute atomic E-state index is 0.554. The average Bonchev–Trinajstić information content (AvgIpc) is 2.15. The zero-order valence-electron chi connectivity index (χ0n) is 9.19. The molecule has 80 valence electrons. The van der Waals surface area contributed by atoms with E-state index in [-0.39, 0.29) is 0 Å². The van der Waals surface area contributed by atoms with Gasteiger partial charge < -0.3 is 4.90 Å². The molecule has 0 aliphatic heterocycles. The smallest absolute Gasteiger partial charge is 0.0798 e. The zero-order chi connectivity index (χ0) is 10.8. The molecule has 0 bridgehead atoms. The van der Waals surface area contributed by atoms with Crippen LogP contribution in [0, 0.1) is 0 Å². The third kappa shape index (κ3) is 7.49. The second kappa shape index (κ2) is 8.44. The van der Waals surface area contributed by atoms with Crippen LogP contribution >= 0.6 is 0 Å². The molecule has 0 fully saturated rings. The van der Waals surface area contributed by atoms with Gasteiger partial charge in [0, 0.05) is 12.7 Å². The van der Waals surface area contributed by atoms with Crippen molar-refractivity contribution in [3.63, 3.8) is 0 Å². The molecule has 14 heavy (non-hydrogen) atoms. The van der Waals surface area contributed by atoms with Crippen LogP contribution in [0.4, 0.5) is 0 Å². The summed E-state index contributed by atoms with van der Waals surface area (Å²) in [5.41, 5.74) is 0. The molecule has 0 saturated carbocycles. The van der Waals surface area contributed by atoms with Gasteiger partial charge in [-0.2, -0.15) is 5.11 Å². The molecular weight excluding hydrogens is 176 g/mol. The Morgan fingerprint density at radius 3 is 2.43 bits per heavy atom. The fraction of sp³-hybridized carbons (Fsp3) is 0.600. The Kier molecular flexibility index (Phi) is 7.74. The molecule has 4 heteroatoms. The van der Waals surface area contributed by atoms with Crippen molar-refractivity contribution in [3.8, 4) is 0 Å². The van der Waals surface area contributed by atoms with Crippen LogP contribution in [-0.2, 0) is 0 Å². The molecule has 0 radical (unpaired) electrons. The van der Waals surface area contributed by atoms with E-state index >= 15 is 0 Å². The van der Waals surface area contributed by atoms with Gasteiger partial charge >= 0.3 is 0 Å². The molecule has 0 spiro atoms. The van der Waals surface area contributed by atoms with Crippen molar-refractivity contribution in [1.29, 1.82) is 0 Å². The number of rotatable bonds is 8. The van der Waals surface area contributed by atoms with Gasteiger partial charge in [-0.3, -0.25) is 5.01 Å². The van der Waals surface area contributed by atoms with Crippen molar-refractivity contribution in [2.24, 2.45) is 10.3 Å². The molecule has 0 unspecified atom stereocenters. The Balaban J connectivity index is 3.67. The molecule has 0 atom stereocenters. The summed E-state index contributed by atoms with van der Waals surface area (Å²) in [5.74, 6) is 0. The lowest BCUT2D eigenvalue weighted by atomic mass is 10.4. The monoisotopic (exact) mass is 196 g/mol. The lowest BCUT2D eigenvalue weighted by Gasteiger charge is -2.14. The van der Waals surface area contributed by atoms with Crippen molar-refractivity contribution >= 4 is 0 Å². The quantitative estimate of drug-likeness (QED) is 0.337. The van der Waals surface area contributed by atoms with Crippen LogP contribution in [-0.4, -0.2) is 43.6 Å². The minimum Gasteiger partial charge on any atom is -0.309 e. The molecule has 0 heterocycles. The van der Waals surface area contributed by atoms with Crippen LogP contribution in [0.2, 0.25) is 0 Å². The lowest BCUT2D eigenvalue weighted by Crippen LogP contribution is -2.19. The first kappa shape index (κ1) is 12.8. The zero-order valence-corrected chi connectivity index (χ0v) is 9.19. The van der Waals surface area contributed by atoms with Crippen LogP contribution in [0.25, 0.3) is 0 Å². The molecule has 0 rings (SSSR count). The van der Waals surface area contributed by atoms with Crippen molar-refractivity contribution in [2.75, 3.05) is 33.7 Å². The average molecular weight is 196 g/mol. The first-order valence-electron chi connectivity index (χ1n) is 4.73. The van der Waals surface area contributed by atoms with E-state index in [1.807, 2.05) is 0 Å². The van der Waals surface area contributed by atoms with Crippen molar-refractivity contribution in [1.82, 2.24) is 9.91 Å². The Morgan fingerprint density at radius 1 is 1.21 bits per heavy atom. The standard InChI is InChI=1S/C10H20N4/c1-5-8-11-12-14(6-2)10-7-9-13(3)4/h5-6H,1-2,7-10H2,3-4H3. The van der Waals surface area contributed by atoms with Gasteiger partial charge in [-0.1, -0.05) is 17.9 Å². The van der Waals surface area contributed by atoms with Crippen LogP contribution in [0.5, 0.6) is 0 Å². The highest BCUT2D eigenvalue weighted by molar-refractivity contribution is 4.69. The summed E-state index contributed by atoms with van der Waals surface area (Å²) < 4.78 is 0. The second-order valence-electron chi connectivity index (χ2n) is 3.20. The Hall–Kier alpha value is -1.16. The van der Waals surface area contributed by atoms with Crippen LogP contribution in [0.3, 0.4) is 0 Å². The van der Waals surface area contributed by atoms with Gasteiger partial charge in [-0.15, -0.1) is 6.58 Å². The van der Waals surface area contributed by atoms with Crippen molar-refractivity contribution < 1.29 is 0 Å². The van der Waals surface area contributed by atoms with E-state index in [0.717, 1.165) is 19.5 Å². The van der Waals surface area contributed by atoms with E-state index in [4.69, 9.17) is 0 Å². The van der Waals surface area contributed by atoms with Gasteiger partial charge in [0.15, 0.2) is 0 Å². The molecular formula is C10H20N4. The summed E-state index contributed by atoms with van der Waals surface area (Å²) in [6.45, 7) is 9.68. The normalized spacial score (nSPS) is 10.8. The fourth-order valence-electron chi connectivity index (χ4n) is 0.897. The largest absolute Gasteiger partial charge is 0.309 e. The first-order chi connectivity index (χ1) is 6.70. The molecule has 0 N–H and O–H groups in total. The van der Waals surface area contributed by atoms with E-state index in [1.165, 1.54) is 0 Å². The fourth-order valence-corrected chi connectivity index (χ4v) is 0.897. The predicted molar refractivity (Wildman–Crippen MR) is 60.0 cm³/mol. The van der Waals surface area contributed by atoms with Gasteiger partial charge in [-0.05, 0) is 27.1 Å². The Bertz CT molecular complexity index is 187. The molecule has 0 aromatic heterocycles. The SMILES string of the molecule is C=CCN=NN(C=C)CCCN(C)C. The van der Waals surface area contributed by atoms with Gasteiger partial charge in [0.2, 0.25) is 0 Å². The molecule has 0 aromatic rings. The van der Waals surface area contributed by atoms with Gasteiger partial charge in [0.25, 0.3) is 0 Å². The van der Waals surface area contributed by atoms with Crippen LogP contribution in [0.15, 0.2) is 35.8 Å². The van der Waals surface area contributed by atoms with Crippen LogP contribution in [0.1, 0.15) is 6.42 Å². The highest BCUT2D eigenvalue weighted by Gasteiger charge is 1.96. The Labute approximate surface area is 86.6 Å². The Morgan fingerprint density at radius 2 is 1.93 bits per heavy atom. The summed E-state index contributed by atoms with van der Waals surface area (Å²) in [6.07, 6.45) is 4.44. The molecule has 4 nitrogen and oxygen atoms in total. The van der Waals surface area contributed by atoms with Crippen LogP contribution < -0.4 is 0 Å². The summed E-state index contributed by atoms with van der Waals surface area (Å²) >= 11 is 0. The van der Waals surface area contributed by atoms with Gasteiger partial charge in [0.05, 0.1) is 6.54 Å². The van der Waals surface area contributed by atoms with Crippen molar-refractivity contribution in [3.05, 3.63) is 25.4 Å². The summed E-state index contributed by atoms with van der Waals surface area (Å²) in [4.78, 5) is 2.14. The molecule has 0 aromatic carbocycles. The summed E-state index contributed by atoms with van der Waals surface area (Å²) in [7, 11) is 4.11. The molecule has 0 amide bonds.